The van der Waals surface area contributed by atoms with Gasteiger partial charge >= 0.3 is 5.97 Å². The first-order valence-electron chi connectivity index (χ1n) is 4.51. The van der Waals surface area contributed by atoms with E-state index in [9.17, 15) is 13.2 Å². The highest BCUT2D eigenvalue weighted by atomic mass is 32.2. The maximum atomic E-state index is 10.8. The minimum Gasteiger partial charge on any atom is -0.492 e. The van der Waals surface area contributed by atoms with Crippen LogP contribution in [0.4, 0.5) is 0 Å². The van der Waals surface area contributed by atoms with Gasteiger partial charge in [-0.05, 0) is 17.9 Å². The van der Waals surface area contributed by atoms with Crippen molar-refractivity contribution >= 4 is 27.1 Å². The fraction of sp³-hybridized carbons (Fsp3) is 0.444. The van der Waals surface area contributed by atoms with Crippen molar-refractivity contribution in [1.29, 1.82) is 0 Å². The summed E-state index contributed by atoms with van der Waals surface area (Å²) >= 11 is 1.08. The Kier molecular flexibility index (Phi) is 4.31. The van der Waals surface area contributed by atoms with E-state index in [1.54, 1.807) is 11.4 Å². The highest BCUT2D eigenvalue weighted by molar-refractivity contribution is 7.90. The van der Waals surface area contributed by atoms with E-state index < -0.39 is 15.8 Å². The first kappa shape index (κ1) is 13.0. The van der Waals surface area contributed by atoms with Gasteiger partial charge in [0.25, 0.3) is 0 Å². The Morgan fingerprint density at radius 2 is 2.25 bits per heavy atom. The summed E-state index contributed by atoms with van der Waals surface area (Å²) < 4.78 is 26.8. The van der Waals surface area contributed by atoms with E-state index in [1.807, 2.05) is 0 Å². The molecule has 0 fully saturated rings. The zero-order valence-corrected chi connectivity index (χ0v) is 10.3. The lowest BCUT2D eigenvalue weighted by atomic mass is 10.4. The zero-order valence-electron chi connectivity index (χ0n) is 8.67. The van der Waals surface area contributed by atoms with E-state index in [0.29, 0.717) is 12.2 Å². The molecule has 0 aliphatic carbocycles. The fourth-order valence-electron chi connectivity index (χ4n) is 1.07. The second-order valence-electron chi connectivity index (χ2n) is 3.25. The van der Waals surface area contributed by atoms with Crippen LogP contribution in [0, 0.1) is 0 Å². The molecule has 0 aromatic carbocycles. The van der Waals surface area contributed by atoms with Gasteiger partial charge in [-0.1, -0.05) is 0 Å². The minimum atomic E-state index is -2.99. The van der Waals surface area contributed by atoms with Gasteiger partial charge in [0.1, 0.15) is 15.6 Å². The molecule has 0 unspecified atom stereocenters. The monoisotopic (exact) mass is 264 g/mol. The largest absolute Gasteiger partial charge is 0.492 e. The Morgan fingerprint density at radius 3 is 2.81 bits per heavy atom. The molecular weight excluding hydrogens is 252 g/mol. The molecule has 0 aliphatic rings. The second-order valence-corrected chi connectivity index (χ2v) is 6.43. The van der Waals surface area contributed by atoms with Crippen molar-refractivity contribution in [2.75, 3.05) is 18.6 Å². The molecule has 0 saturated heterocycles. The van der Waals surface area contributed by atoms with Crippen molar-refractivity contribution in [3.63, 3.8) is 0 Å². The predicted octanol–water partition coefficient (Wildman–Crippen LogP) is 1.26. The summed E-state index contributed by atoms with van der Waals surface area (Å²) in [5, 5.41) is 10.4. The fourth-order valence-corrected chi connectivity index (χ4v) is 2.38. The normalized spacial score (nSPS) is 11.3. The van der Waals surface area contributed by atoms with Crippen molar-refractivity contribution in [3.8, 4) is 5.75 Å². The SMILES string of the molecule is CS(=O)(=O)CCCOc1ccsc1C(=O)O. The summed E-state index contributed by atoms with van der Waals surface area (Å²) in [6, 6.07) is 1.56. The van der Waals surface area contributed by atoms with Crippen LogP contribution in [0.25, 0.3) is 0 Å². The smallest absolute Gasteiger partial charge is 0.349 e. The summed E-state index contributed by atoms with van der Waals surface area (Å²) in [6.45, 7) is 0.198. The predicted molar refractivity (Wildman–Crippen MR) is 61.1 cm³/mol. The Balaban J connectivity index is 2.43. The third-order valence-electron chi connectivity index (χ3n) is 1.74. The van der Waals surface area contributed by atoms with Crippen LogP contribution in [0.15, 0.2) is 11.4 Å². The summed E-state index contributed by atoms with van der Waals surface area (Å²) in [5.41, 5.74) is 0. The number of aromatic carboxylic acids is 1. The van der Waals surface area contributed by atoms with Gasteiger partial charge in [-0.25, -0.2) is 13.2 Å². The number of sulfone groups is 1. The van der Waals surface area contributed by atoms with E-state index in [4.69, 9.17) is 9.84 Å². The van der Waals surface area contributed by atoms with Crippen LogP contribution in [0.5, 0.6) is 5.75 Å². The Bertz CT molecular complexity index is 460. The number of ether oxygens (including phenoxy) is 1. The van der Waals surface area contributed by atoms with Crippen molar-refractivity contribution in [2.45, 2.75) is 6.42 Å². The van der Waals surface area contributed by atoms with Crippen LogP contribution in [0.2, 0.25) is 0 Å². The maximum absolute atomic E-state index is 10.8. The lowest BCUT2D eigenvalue weighted by molar-refractivity contribution is 0.0698. The number of hydrogen-bond donors (Lipinski definition) is 1. The van der Waals surface area contributed by atoms with Crippen LogP contribution >= 0.6 is 11.3 Å². The highest BCUT2D eigenvalue weighted by Gasteiger charge is 2.12. The number of hydrogen-bond acceptors (Lipinski definition) is 5. The molecule has 0 radical (unpaired) electrons. The molecule has 1 aromatic rings. The molecule has 7 heteroatoms. The van der Waals surface area contributed by atoms with Crippen LogP contribution < -0.4 is 4.74 Å². The molecule has 1 N–H and O–H groups in total. The molecule has 0 saturated carbocycles. The van der Waals surface area contributed by atoms with Crippen LogP contribution in [-0.2, 0) is 9.84 Å². The third-order valence-corrected chi connectivity index (χ3v) is 3.65. The van der Waals surface area contributed by atoms with Gasteiger partial charge in [0.2, 0.25) is 0 Å². The number of carbonyl (C=O) groups is 1. The summed E-state index contributed by atoms with van der Waals surface area (Å²) in [5.74, 6) is -0.696. The van der Waals surface area contributed by atoms with E-state index in [2.05, 4.69) is 0 Å². The summed E-state index contributed by atoms with van der Waals surface area (Å²) in [6.07, 6.45) is 1.51. The van der Waals surface area contributed by atoms with E-state index >= 15 is 0 Å². The average molecular weight is 264 g/mol. The van der Waals surface area contributed by atoms with Crippen LogP contribution in [-0.4, -0.2) is 38.1 Å². The minimum absolute atomic E-state index is 0.0412. The first-order valence-corrected chi connectivity index (χ1v) is 7.45. The molecule has 0 atom stereocenters. The van der Waals surface area contributed by atoms with Gasteiger partial charge in [-0.15, -0.1) is 11.3 Å². The van der Waals surface area contributed by atoms with Gasteiger partial charge in [0.05, 0.1) is 12.4 Å². The third kappa shape index (κ3) is 4.19. The van der Waals surface area contributed by atoms with Gasteiger partial charge in [-0.2, -0.15) is 0 Å². The summed E-state index contributed by atoms with van der Waals surface area (Å²) in [7, 11) is -2.99. The number of carboxylic acid groups (broad SMARTS) is 1. The molecule has 0 spiro atoms. The first-order chi connectivity index (χ1) is 7.40. The van der Waals surface area contributed by atoms with E-state index in [1.165, 1.54) is 0 Å². The number of rotatable bonds is 6. The van der Waals surface area contributed by atoms with Crippen molar-refractivity contribution < 1.29 is 23.1 Å². The lowest BCUT2D eigenvalue weighted by Gasteiger charge is -2.04. The van der Waals surface area contributed by atoms with E-state index in [0.717, 1.165) is 17.6 Å². The van der Waals surface area contributed by atoms with Gasteiger partial charge < -0.3 is 9.84 Å². The Hall–Kier alpha value is -1.08. The van der Waals surface area contributed by atoms with Crippen LogP contribution in [0.3, 0.4) is 0 Å². The molecular formula is C9H12O5S2. The van der Waals surface area contributed by atoms with Crippen molar-refractivity contribution in [1.82, 2.24) is 0 Å². The number of carboxylic acids is 1. The molecule has 1 aromatic heterocycles. The maximum Gasteiger partial charge on any atom is 0.349 e. The molecule has 0 bridgehead atoms. The molecule has 0 aliphatic heterocycles. The van der Waals surface area contributed by atoms with Crippen LogP contribution in [0.1, 0.15) is 16.1 Å². The summed E-state index contributed by atoms with van der Waals surface area (Å²) in [4.78, 5) is 10.8. The van der Waals surface area contributed by atoms with Gasteiger partial charge in [-0.3, -0.25) is 0 Å². The van der Waals surface area contributed by atoms with Gasteiger partial charge in [0, 0.05) is 6.26 Å². The molecule has 16 heavy (non-hydrogen) atoms. The van der Waals surface area contributed by atoms with E-state index in [-0.39, 0.29) is 17.2 Å². The zero-order chi connectivity index (χ0) is 12.2. The molecule has 1 rings (SSSR count). The lowest BCUT2D eigenvalue weighted by Crippen LogP contribution is -2.08. The standard InChI is InChI=1S/C9H12O5S2/c1-16(12,13)6-2-4-14-7-3-5-15-8(7)9(10)11/h3,5H,2,4,6H2,1H3,(H,10,11). The van der Waals surface area contributed by atoms with Crippen molar-refractivity contribution in [3.05, 3.63) is 16.3 Å². The Morgan fingerprint density at radius 1 is 1.56 bits per heavy atom. The second kappa shape index (κ2) is 5.31. The number of thiophene rings is 1. The quantitative estimate of drug-likeness (QED) is 0.782. The molecule has 0 amide bonds. The average Bonchev–Trinajstić information content (AvgIpc) is 2.58. The Labute approximate surface area is 97.6 Å². The molecule has 90 valence electrons. The topological polar surface area (TPSA) is 80.7 Å². The molecule has 5 nitrogen and oxygen atoms in total. The van der Waals surface area contributed by atoms with Crippen molar-refractivity contribution in [2.24, 2.45) is 0 Å². The van der Waals surface area contributed by atoms with Gasteiger partial charge in [0.15, 0.2) is 4.88 Å². The molecule has 1 heterocycles. The highest BCUT2D eigenvalue weighted by Crippen LogP contribution is 2.24.